The van der Waals surface area contributed by atoms with Gasteiger partial charge in [-0.2, -0.15) is 0 Å². The van der Waals surface area contributed by atoms with Crippen LogP contribution in [0.15, 0.2) is 33.7 Å². The number of Topliss-reactive ketones (excluding diaryl/α,β-unsaturated/α-hetero) is 1. The third-order valence-corrected chi connectivity index (χ3v) is 3.99. The molecule has 1 aromatic rings. The van der Waals surface area contributed by atoms with Crippen LogP contribution in [0.5, 0.6) is 0 Å². The summed E-state index contributed by atoms with van der Waals surface area (Å²) in [6.45, 7) is 1.88. The molecule has 2 rings (SSSR count). The molecule has 1 aromatic carbocycles. The number of hydrogen-bond donors (Lipinski definition) is 1. The van der Waals surface area contributed by atoms with Crippen LogP contribution >= 0.6 is 27.7 Å². The van der Waals surface area contributed by atoms with Crippen molar-refractivity contribution in [3.8, 4) is 0 Å². The average molecular weight is 341 g/mol. The summed E-state index contributed by atoms with van der Waals surface area (Å²) >= 11 is 4.59. The highest BCUT2D eigenvalue weighted by Crippen LogP contribution is 2.15. The van der Waals surface area contributed by atoms with E-state index in [2.05, 4.69) is 26.2 Å². The van der Waals surface area contributed by atoms with E-state index in [4.69, 9.17) is 0 Å². The Labute approximate surface area is 124 Å². The Balaban J connectivity index is 1.93. The van der Waals surface area contributed by atoms with Gasteiger partial charge in [0.1, 0.15) is 0 Å². The van der Waals surface area contributed by atoms with Crippen molar-refractivity contribution in [1.29, 1.82) is 0 Å². The van der Waals surface area contributed by atoms with Gasteiger partial charge in [-0.3, -0.25) is 14.6 Å². The van der Waals surface area contributed by atoms with Crippen molar-refractivity contribution in [2.75, 3.05) is 5.75 Å². The minimum atomic E-state index is -0.0407. The van der Waals surface area contributed by atoms with E-state index < -0.39 is 0 Å². The molecule has 6 heteroatoms. The quantitative estimate of drug-likeness (QED) is 0.860. The Morgan fingerprint density at radius 3 is 2.79 bits per heavy atom. The Morgan fingerprint density at radius 1 is 1.47 bits per heavy atom. The number of ketones is 1. The van der Waals surface area contributed by atoms with Crippen molar-refractivity contribution in [2.45, 2.75) is 19.4 Å². The number of thioether (sulfide) groups is 1. The van der Waals surface area contributed by atoms with Crippen LogP contribution in [0.4, 0.5) is 0 Å². The van der Waals surface area contributed by atoms with Gasteiger partial charge in [0.15, 0.2) is 11.0 Å². The average Bonchev–Trinajstić information content (AvgIpc) is 2.36. The van der Waals surface area contributed by atoms with Crippen LogP contribution in [0.2, 0.25) is 0 Å². The molecule has 0 saturated carbocycles. The second kappa shape index (κ2) is 6.34. The first kappa shape index (κ1) is 14.3. The molecule has 1 amide bonds. The van der Waals surface area contributed by atoms with E-state index >= 15 is 0 Å². The molecule has 0 aromatic heterocycles. The summed E-state index contributed by atoms with van der Waals surface area (Å²) in [6.07, 6.45) is 0.407. The van der Waals surface area contributed by atoms with E-state index in [0.29, 0.717) is 17.2 Å². The summed E-state index contributed by atoms with van der Waals surface area (Å²) in [7, 11) is 0. The van der Waals surface area contributed by atoms with Crippen molar-refractivity contribution in [2.24, 2.45) is 4.99 Å². The van der Waals surface area contributed by atoms with E-state index in [9.17, 15) is 9.59 Å². The molecule has 1 unspecified atom stereocenters. The largest absolute Gasteiger partial charge is 0.305 e. The number of amidine groups is 1. The van der Waals surface area contributed by atoms with E-state index in [1.165, 1.54) is 11.8 Å². The van der Waals surface area contributed by atoms with Gasteiger partial charge in [-0.15, -0.1) is 0 Å². The molecule has 4 nitrogen and oxygen atoms in total. The molecule has 1 atom stereocenters. The number of nitrogens with one attached hydrogen (secondary N) is 1. The number of nitrogens with zero attached hydrogens (tertiary/aromatic N) is 1. The molecular weight excluding hydrogens is 328 g/mol. The maximum Gasteiger partial charge on any atom is 0.228 e. The number of hydrogen-bond acceptors (Lipinski definition) is 4. The van der Waals surface area contributed by atoms with E-state index in [0.717, 1.165) is 4.47 Å². The first-order chi connectivity index (χ1) is 9.04. The standard InChI is InChI=1S/C13H13BrN2O2S/c1-8-6-12(18)16-13(15-8)19-7-11(17)9-2-4-10(14)5-3-9/h2-5,8H,6-7H2,1H3,(H,15,16,18). The number of halogens is 1. The number of carbonyl (C=O) groups excluding carboxylic acids is 2. The van der Waals surface area contributed by atoms with Crippen LogP contribution in [-0.4, -0.2) is 28.7 Å². The molecule has 0 radical (unpaired) electrons. The van der Waals surface area contributed by atoms with Gasteiger partial charge in [0.05, 0.1) is 11.8 Å². The summed E-state index contributed by atoms with van der Waals surface area (Å²) < 4.78 is 0.939. The van der Waals surface area contributed by atoms with Gasteiger partial charge in [-0.25, -0.2) is 0 Å². The molecule has 0 saturated heterocycles. The van der Waals surface area contributed by atoms with Crippen LogP contribution in [0.25, 0.3) is 0 Å². The third-order valence-electron chi connectivity index (χ3n) is 2.57. The van der Waals surface area contributed by atoms with Crippen molar-refractivity contribution < 1.29 is 9.59 Å². The third kappa shape index (κ3) is 4.18. The first-order valence-corrected chi connectivity index (χ1v) is 7.61. The number of rotatable bonds is 3. The fourth-order valence-electron chi connectivity index (χ4n) is 1.64. The van der Waals surface area contributed by atoms with Crippen molar-refractivity contribution in [3.05, 3.63) is 34.3 Å². The second-order valence-electron chi connectivity index (χ2n) is 4.25. The highest BCUT2D eigenvalue weighted by atomic mass is 79.9. The smallest absolute Gasteiger partial charge is 0.228 e. The van der Waals surface area contributed by atoms with Crippen molar-refractivity contribution >= 4 is 44.5 Å². The molecule has 0 aliphatic carbocycles. The lowest BCUT2D eigenvalue weighted by atomic mass is 10.2. The number of benzene rings is 1. The Bertz CT molecular complexity index is 528. The molecule has 1 aliphatic rings. The van der Waals surface area contributed by atoms with Crippen molar-refractivity contribution in [3.63, 3.8) is 0 Å². The summed E-state index contributed by atoms with van der Waals surface area (Å²) in [6, 6.07) is 7.20. The molecule has 0 spiro atoms. The topological polar surface area (TPSA) is 58.5 Å². The zero-order chi connectivity index (χ0) is 13.8. The molecular formula is C13H13BrN2O2S. The van der Waals surface area contributed by atoms with Gasteiger partial charge in [-0.05, 0) is 19.1 Å². The number of carbonyl (C=O) groups is 2. The van der Waals surface area contributed by atoms with E-state index in [1.807, 2.05) is 19.1 Å². The lowest BCUT2D eigenvalue weighted by molar-refractivity contribution is -0.120. The summed E-state index contributed by atoms with van der Waals surface area (Å²) in [5.74, 6) is 0.252. The maximum absolute atomic E-state index is 12.0. The predicted octanol–water partition coefficient (Wildman–Crippen LogP) is 2.63. The van der Waals surface area contributed by atoms with Crippen LogP contribution in [0.3, 0.4) is 0 Å². The van der Waals surface area contributed by atoms with Crippen molar-refractivity contribution in [1.82, 2.24) is 5.32 Å². The SMILES string of the molecule is CC1CC(=O)NC(SCC(=O)c2ccc(Br)cc2)=N1. The highest BCUT2D eigenvalue weighted by molar-refractivity contribution is 9.10. The monoisotopic (exact) mass is 340 g/mol. The molecule has 1 heterocycles. The Kier molecular flexibility index (Phi) is 4.76. The van der Waals surface area contributed by atoms with Gasteiger partial charge in [-0.1, -0.05) is 39.8 Å². The molecule has 1 aliphatic heterocycles. The van der Waals surface area contributed by atoms with E-state index in [-0.39, 0.29) is 23.5 Å². The lowest BCUT2D eigenvalue weighted by Crippen LogP contribution is -2.36. The van der Waals surface area contributed by atoms with Gasteiger partial charge >= 0.3 is 0 Å². The molecule has 0 bridgehead atoms. The fourth-order valence-corrected chi connectivity index (χ4v) is 2.78. The zero-order valence-corrected chi connectivity index (χ0v) is 12.8. The summed E-state index contributed by atoms with van der Waals surface area (Å²) in [4.78, 5) is 27.6. The Morgan fingerprint density at radius 2 is 2.16 bits per heavy atom. The van der Waals surface area contributed by atoms with Crippen LogP contribution in [0, 0.1) is 0 Å². The highest BCUT2D eigenvalue weighted by Gasteiger charge is 2.18. The molecule has 19 heavy (non-hydrogen) atoms. The summed E-state index contributed by atoms with van der Waals surface area (Å²) in [5, 5.41) is 3.21. The van der Waals surface area contributed by atoms with Crippen LogP contribution < -0.4 is 5.32 Å². The van der Waals surface area contributed by atoms with Gasteiger partial charge in [0, 0.05) is 16.5 Å². The maximum atomic E-state index is 12.0. The Hall–Kier alpha value is -1.14. The van der Waals surface area contributed by atoms with Crippen LogP contribution in [-0.2, 0) is 4.79 Å². The minimum Gasteiger partial charge on any atom is -0.305 e. The number of aliphatic imine (C=N–C) groups is 1. The van der Waals surface area contributed by atoms with Gasteiger partial charge < -0.3 is 5.32 Å². The molecule has 100 valence electrons. The molecule has 1 N–H and O–H groups in total. The van der Waals surface area contributed by atoms with Gasteiger partial charge in [0.2, 0.25) is 5.91 Å². The number of amides is 1. The second-order valence-corrected chi connectivity index (χ2v) is 6.13. The van der Waals surface area contributed by atoms with Crippen LogP contribution in [0.1, 0.15) is 23.7 Å². The van der Waals surface area contributed by atoms with Gasteiger partial charge in [0.25, 0.3) is 0 Å². The molecule has 0 fully saturated rings. The predicted molar refractivity (Wildman–Crippen MR) is 80.6 cm³/mol. The lowest BCUT2D eigenvalue weighted by Gasteiger charge is -2.16. The first-order valence-electron chi connectivity index (χ1n) is 5.84. The zero-order valence-electron chi connectivity index (χ0n) is 10.4. The normalized spacial score (nSPS) is 18.7. The fraction of sp³-hybridized carbons (Fsp3) is 0.308. The van der Waals surface area contributed by atoms with E-state index in [1.54, 1.807) is 12.1 Å². The minimum absolute atomic E-state index is 0.0148. The summed E-state index contributed by atoms with van der Waals surface area (Å²) in [5.41, 5.74) is 0.659.